The van der Waals surface area contributed by atoms with Crippen LogP contribution < -0.4 is 9.47 Å². The van der Waals surface area contributed by atoms with E-state index in [2.05, 4.69) is 0 Å². The number of ether oxygens (including phenoxy) is 2. The molecule has 1 rings (SSSR count). The molecule has 1 aromatic rings. The maximum absolute atomic E-state index is 11.1. The van der Waals surface area contributed by atoms with Crippen molar-refractivity contribution in [2.24, 2.45) is 0 Å². The van der Waals surface area contributed by atoms with Crippen LogP contribution in [0.25, 0.3) is 0 Å². The van der Waals surface area contributed by atoms with Crippen molar-refractivity contribution in [1.82, 2.24) is 0 Å². The van der Waals surface area contributed by atoms with Crippen molar-refractivity contribution in [3.8, 4) is 11.5 Å². The van der Waals surface area contributed by atoms with Crippen LogP contribution in [0.3, 0.4) is 0 Å². The summed E-state index contributed by atoms with van der Waals surface area (Å²) in [5.41, 5.74) is 1.87. The fourth-order valence-corrected chi connectivity index (χ4v) is 1.59. The van der Waals surface area contributed by atoms with Crippen LogP contribution in [0.2, 0.25) is 0 Å². The molecule has 0 atom stereocenters. The lowest BCUT2D eigenvalue weighted by atomic mass is 10.0. The molecule has 1 aromatic carbocycles. The maximum Gasteiger partial charge on any atom is 0.134 e. The first-order chi connectivity index (χ1) is 7.10. The zero-order chi connectivity index (χ0) is 11.4. The first-order valence-electron chi connectivity index (χ1n) is 4.80. The normalized spacial score (nSPS) is 9.87. The Kier molecular flexibility index (Phi) is 3.72. The van der Waals surface area contributed by atoms with Gasteiger partial charge in [0.1, 0.15) is 17.3 Å². The van der Waals surface area contributed by atoms with E-state index in [1.54, 1.807) is 21.1 Å². The van der Waals surface area contributed by atoms with Crippen molar-refractivity contribution >= 4 is 5.78 Å². The minimum atomic E-state index is 0.115. The van der Waals surface area contributed by atoms with E-state index in [9.17, 15) is 4.79 Å². The summed E-state index contributed by atoms with van der Waals surface area (Å²) in [5, 5.41) is 0. The van der Waals surface area contributed by atoms with Crippen molar-refractivity contribution in [2.75, 3.05) is 14.2 Å². The summed E-state index contributed by atoms with van der Waals surface area (Å²) < 4.78 is 10.4. The summed E-state index contributed by atoms with van der Waals surface area (Å²) in [6.45, 7) is 3.50. The van der Waals surface area contributed by atoms with Gasteiger partial charge in [-0.1, -0.05) is 0 Å². The second-order valence-corrected chi connectivity index (χ2v) is 3.45. The van der Waals surface area contributed by atoms with Gasteiger partial charge >= 0.3 is 0 Å². The molecule has 0 aliphatic rings. The fourth-order valence-electron chi connectivity index (χ4n) is 1.59. The van der Waals surface area contributed by atoms with Crippen molar-refractivity contribution in [1.29, 1.82) is 0 Å². The predicted molar refractivity (Wildman–Crippen MR) is 58.7 cm³/mol. The van der Waals surface area contributed by atoms with Gasteiger partial charge in [-0.05, 0) is 31.5 Å². The monoisotopic (exact) mass is 208 g/mol. The molecule has 0 aromatic heterocycles. The second-order valence-electron chi connectivity index (χ2n) is 3.45. The quantitative estimate of drug-likeness (QED) is 0.760. The number of ketones is 1. The Morgan fingerprint density at radius 3 is 2.20 bits per heavy atom. The van der Waals surface area contributed by atoms with Crippen LogP contribution in [0.1, 0.15) is 18.1 Å². The summed E-state index contributed by atoms with van der Waals surface area (Å²) in [6.07, 6.45) is 0.381. The van der Waals surface area contributed by atoms with Crippen molar-refractivity contribution in [2.45, 2.75) is 20.3 Å². The zero-order valence-electron chi connectivity index (χ0n) is 9.59. The van der Waals surface area contributed by atoms with Crippen LogP contribution in [0.15, 0.2) is 12.1 Å². The molecule has 0 saturated heterocycles. The van der Waals surface area contributed by atoms with E-state index in [-0.39, 0.29) is 5.78 Å². The molecular weight excluding hydrogens is 192 g/mol. The van der Waals surface area contributed by atoms with E-state index in [1.807, 2.05) is 19.1 Å². The molecule has 0 unspecified atom stereocenters. The number of hydrogen-bond donors (Lipinski definition) is 0. The number of rotatable bonds is 4. The molecule has 0 amide bonds. The molecule has 0 fully saturated rings. The number of methoxy groups -OCH3 is 2. The van der Waals surface area contributed by atoms with Crippen molar-refractivity contribution in [3.63, 3.8) is 0 Å². The van der Waals surface area contributed by atoms with Gasteiger partial charge in [0.2, 0.25) is 0 Å². The Morgan fingerprint density at radius 1 is 1.20 bits per heavy atom. The summed E-state index contributed by atoms with van der Waals surface area (Å²) in [6, 6.07) is 3.67. The molecule has 3 heteroatoms. The molecule has 15 heavy (non-hydrogen) atoms. The average molecular weight is 208 g/mol. The van der Waals surface area contributed by atoms with Crippen molar-refractivity contribution < 1.29 is 14.3 Å². The van der Waals surface area contributed by atoms with Crippen LogP contribution in [-0.4, -0.2) is 20.0 Å². The molecule has 3 nitrogen and oxygen atoms in total. The molecule has 0 radical (unpaired) electrons. The number of Topliss-reactive ketones (excluding diaryl/α,β-unsaturated/α-hetero) is 1. The molecule has 0 aliphatic heterocycles. The number of hydrogen-bond acceptors (Lipinski definition) is 3. The molecule has 0 N–H and O–H groups in total. The smallest absolute Gasteiger partial charge is 0.134 e. The van der Waals surface area contributed by atoms with Gasteiger partial charge in [0.05, 0.1) is 14.2 Å². The van der Waals surface area contributed by atoms with Gasteiger partial charge in [0.15, 0.2) is 0 Å². The largest absolute Gasteiger partial charge is 0.496 e. The Bertz CT molecular complexity index is 369. The van der Waals surface area contributed by atoms with Crippen LogP contribution in [0.4, 0.5) is 0 Å². The minimum Gasteiger partial charge on any atom is -0.496 e. The third-order valence-electron chi connectivity index (χ3n) is 2.37. The van der Waals surface area contributed by atoms with Crippen molar-refractivity contribution in [3.05, 3.63) is 23.3 Å². The van der Waals surface area contributed by atoms with Gasteiger partial charge in [-0.3, -0.25) is 4.79 Å². The van der Waals surface area contributed by atoms with E-state index >= 15 is 0 Å². The second kappa shape index (κ2) is 4.82. The van der Waals surface area contributed by atoms with Gasteiger partial charge < -0.3 is 9.47 Å². The van der Waals surface area contributed by atoms with E-state index in [0.29, 0.717) is 6.42 Å². The molecular formula is C12H16O3. The highest BCUT2D eigenvalue weighted by Crippen LogP contribution is 2.30. The van der Waals surface area contributed by atoms with Gasteiger partial charge in [-0.25, -0.2) is 0 Å². The Morgan fingerprint density at radius 2 is 1.73 bits per heavy atom. The Balaban J connectivity index is 3.22. The van der Waals surface area contributed by atoms with Gasteiger partial charge in [0, 0.05) is 12.0 Å². The lowest BCUT2D eigenvalue weighted by Gasteiger charge is -2.13. The summed E-state index contributed by atoms with van der Waals surface area (Å²) >= 11 is 0. The van der Waals surface area contributed by atoms with Gasteiger partial charge in [0.25, 0.3) is 0 Å². The van der Waals surface area contributed by atoms with E-state index in [1.165, 1.54) is 0 Å². The predicted octanol–water partition coefficient (Wildman–Crippen LogP) is 2.14. The Labute approximate surface area is 90.0 Å². The first kappa shape index (κ1) is 11.6. The maximum atomic E-state index is 11.1. The van der Waals surface area contributed by atoms with E-state index in [4.69, 9.17) is 9.47 Å². The molecule has 0 spiro atoms. The summed E-state index contributed by atoms with van der Waals surface area (Å²) in [7, 11) is 3.22. The number of carbonyl (C=O) groups is 1. The van der Waals surface area contributed by atoms with Crippen LogP contribution in [0, 0.1) is 6.92 Å². The number of carbonyl (C=O) groups excluding carboxylic acids is 1. The minimum absolute atomic E-state index is 0.115. The molecule has 0 bridgehead atoms. The molecule has 0 aliphatic carbocycles. The Hall–Kier alpha value is -1.51. The highest BCUT2D eigenvalue weighted by Gasteiger charge is 2.12. The van der Waals surface area contributed by atoms with Crippen LogP contribution in [-0.2, 0) is 11.2 Å². The molecule has 82 valence electrons. The van der Waals surface area contributed by atoms with Crippen LogP contribution in [0.5, 0.6) is 11.5 Å². The third kappa shape index (κ3) is 2.49. The summed E-state index contributed by atoms with van der Waals surface area (Å²) in [5.74, 6) is 1.64. The third-order valence-corrected chi connectivity index (χ3v) is 2.37. The van der Waals surface area contributed by atoms with E-state index < -0.39 is 0 Å². The lowest BCUT2D eigenvalue weighted by Crippen LogP contribution is -2.03. The first-order valence-corrected chi connectivity index (χ1v) is 4.80. The molecule has 0 heterocycles. The lowest BCUT2D eigenvalue weighted by molar-refractivity contribution is -0.116. The molecule has 0 saturated carbocycles. The van der Waals surface area contributed by atoms with Gasteiger partial charge in [-0.15, -0.1) is 0 Å². The SMILES string of the molecule is COc1ccc(OC)c(CC(C)=O)c1C. The van der Waals surface area contributed by atoms with Crippen LogP contribution >= 0.6 is 0 Å². The van der Waals surface area contributed by atoms with Gasteiger partial charge in [-0.2, -0.15) is 0 Å². The topological polar surface area (TPSA) is 35.5 Å². The van der Waals surface area contributed by atoms with E-state index in [0.717, 1.165) is 22.6 Å². The fraction of sp³-hybridized carbons (Fsp3) is 0.417. The highest BCUT2D eigenvalue weighted by molar-refractivity contribution is 5.79. The highest BCUT2D eigenvalue weighted by atomic mass is 16.5. The number of benzene rings is 1. The standard InChI is InChI=1S/C12H16O3/c1-8(13)7-10-9(2)11(14-3)5-6-12(10)15-4/h5-6H,7H2,1-4H3. The average Bonchev–Trinajstić information content (AvgIpc) is 2.20. The zero-order valence-corrected chi connectivity index (χ0v) is 9.59. The summed E-state index contributed by atoms with van der Waals surface area (Å²) in [4.78, 5) is 11.1.